The lowest BCUT2D eigenvalue weighted by atomic mass is 10.0. The molecule has 11 heteroatoms. The van der Waals surface area contributed by atoms with Crippen molar-refractivity contribution in [1.82, 2.24) is 15.2 Å². The first-order chi connectivity index (χ1) is 17.7. The number of cyclic esters (lactones) is 1. The highest BCUT2D eigenvalue weighted by Crippen LogP contribution is 2.31. The molecular weight excluding hydrogens is 481 g/mol. The number of piperazine rings is 1. The zero-order valence-electron chi connectivity index (χ0n) is 20.8. The second-order valence-electron chi connectivity index (χ2n) is 8.92. The highest BCUT2D eigenvalue weighted by atomic mass is 19.1. The number of anilines is 1. The molecule has 196 valence electrons. The van der Waals surface area contributed by atoms with Crippen molar-refractivity contribution in [3.63, 3.8) is 0 Å². The van der Waals surface area contributed by atoms with Crippen molar-refractivity contribution in [3.8, 4) is 16.9 Å². The highest BCUT2D eigenvalue weighted by molar-refractivity contribution is 5.90. The van der Waals surface area contributed by atoms with Crippen LogP contribution in [0.15, 0.2) is 41.5 Å². The average Bonchev–Trinajstić information content (AvgIpc) is 3.27. The molecule has 0 spiro atoms. The van der Waals surface area contributed by atoms with E-state index in [0.29, 0.717) is 49.4 Å². The smallest absolute Gasteiger partial charge is 0.414 e. The van der Waals surface area contributed by atoms with E-state index in [1.54, 1.807) is 30.5 Å². The third kappa shape index (κ3) is 6.16. The van der Waals surface area contributed by atoms with Crippen molar-refractivity contribution < 1.29 is 28.6 Å². The Morgan fingerprint density at radius 1 is 1.19 bits per heavy atom. The summed E-state index contributed by atoms with van der Waals surface area (Å²) in [5.41, 5.74) is 1.56. The molecule has 10 nitrogen and oxygen atoms in total. The SMILES string of the molecule is CCC(=O)N1CCN(/N=C/c2ccc(-c3ccc(N4C[C@H](CNC(C)=O)OC4=O)cc3F)cc2O)CC1. The topological polar surface area (TPSA) is 115 Å². The minimum absolute atomic E-state index is 0.0477. The number of nitrogens with zero attached hydrogens (tertiary/aromatic N) is 4. The fourth-order valence-corrected chi connectivity index (χ4v) is 4.25. The number of ether oxygens (including phenoxy) is 1. The number of phenolic OH excluding ortho intramolecular Hbond substituents is 1. The van der Waals surface area contributed by atoms with Crippen LogP contribution in [-0.4, -0.2) is 84.5 Å². The molecular formula is C26H30FN5O5. The Kier molecular flexibility index (Phi) is 7.90. The number of amides is 3. The second-order valence-corrected chi connectivity index (χ2v) is 8.92. The second kappa shape index (κ2) is 11.3. The summed E-state index contributed by atoms with van der Waals surface area (Å²) in [6.45, 7) is 6.02. The molecule has 0 aromatic heterocycles. The largest absolute Gasteiger partial charge is 0.507 e. The van der Waals surface area contributed by atoms with Gasteiger partial charge in [-0.2, -0.15) is 5.10 Å². The van der Waals surface area contributed by atoms with E-state index in [9.17, 15) is 19.5 Å². The maximum absolute atomic E-state index is 15.0. The van der Waals surface area contributed by atoms with Gasteiger partial charge >= 0.3 is 6.09 Å². The molecule has 1 atom stereocenters. The predicted octanol–water partition coefficient (Wildman–Crippen LogP) is 2.55. The number of benzene rings is 2. The van der Waals surface area contributed by atoms with Gasteiger partial charge in [-0.05, 0) is 35.9 Å². The van der Waals surface area contributed by atoms with Crippen LogP contribution < -0.4 is 10.2 Å². The third-order valence-electron chi connectivity index (χ3n) is 6.33. The van der Waals surface area contributed by atoms with Crippen LogP contribution in [0.4, 0.5) is 14.9 Å². The summed E-state index contributed by atoms with van der Waals surface area (Å²) < 4.78 is 20.3. The van der Waals surface area contributed by atoms with Gasteiger partial charge in [-0.15, -0.1) is 0 Å². The van der Waals surface area contributed by atoms with Crippen molar-refractivity contribution in [2.75, 3.05) is 44.2 Å². The molecule has 0 unspecified atom stereocenters. The van der Waals surface area contributed by atoms with Gasteiger partial charge in [0.25, 0.3) is 0 Å². The monoisotopic (exact) mass is 511 g/mol. The molecule has 2 aliphatic heterocycles. The van der Waals surface area contributed by atoms with E-state index in [1.165, 1.54) is 24.0 Å². The molecule has 0 aliphatic carbocycles. The van der Waals surface area contributed by atoms with Crippen molar-refractivity contribution in [2.24, 2.45) is 5.10 Å². The maximum atomic E-state index is 15.0. The fourth-order valence-electron chi connectivity index (χ4n) is 4.25. The van der Waals surface area contributed by atoms with Crippen molar-refractivity contribution in [3.05, 3.63) is 47.8 Å². The number of carbonyl (C=O) groups excluding carboxylic acids is 3. The molecule has 2 heterocycles. The Morgan fingerprint density at radius 3 is 2.59 bits per heavy atom. The summed E-state index contributed by atoms with van der Waals surface area (Å²) in [4.78, 5) is 38.2. The van der Waals surface area contributed by atoms with Gasteiger partial charge in [0, 0.05) is 37.6 Å². The van der Waals surface area contributed by atoms with E-state index in [4.69, 9.17) is 4.74 Å². The van der Waals surface area contributed by atoms with Crippen LogP contribution in [0.3, 0.4) is 0 Å². The third-order valence-corrected chi connectivity index (χ3v) is 6.33. The molecule has 2 fully saturated rings. The molecule has 0 saturated carbocycles. The lowest BCUT2D eigenvalue weighted by molar-refractivity contribution is -0.132. The molecule has 2 aliphatic rings. The lowest BCUT2D eigenvalue weighted by Crippen LogP contribution is -2.46. The summed E-state index contributed by atoms with van der Waals surface area (Å²) in [5.74, 6) is -0.707. The molecule has 4 rings (SSSR count). The van der Waals surface area contributed by atoms with Gasteiger partial charge in [-0.25, -0.2) is 9.18 Å². The van der Waals surface area contributed by atoms with Crippen LogP contribution in [0.1, 0.15) is 25.8 Å². The summed E-state index contributed by atoms with van der Waals surface area (Å²) in [5, 5.41) is 19.4. The first-order valence-electron chi connectivity index (χ1n) is 12.2. The standard InChI is InChI=1S/C26H30FN5O5/c1-3-25(35)30-8-10-31(11-9-30)29-14-19-5-4-18(12-24(19)34)22-7-6-20(13-23(22)27)32-16-21(37-26(32)36)15-28-17(2)33/h4-7,12-14,21,34H,3,8-11,15-16H2,1-2H3,(H,28,33)/b29-14+/t21-/m0/s1. The summed E-state index contributed by atoms with van der Waals surface area (Å²) in [7, 11) is 0. The summed E-state index contributed by atoms with van der Waals surface area (Å²) in [6.07, 6.45) is 0.903. The first kappa shape index (κ1) is 25.9. The molecule has 37 heavy (non-hydrogen) atoms. The van der Waals surface area contributed by atoms with Gasteiger partial charge in [0.15, 0.2) is 0 Å². The quantitative estimate of drug-likeness (QED) is 0.553. The van der Waals surface area contributed by atoms with E-state index < -0.39 is 18.0 Å². The van der Waals surface area contributed by atoms with Crippen LogP contribution in [0.25, 0.3) is 11.1 Å². The Morgan fingerprint density at radius 2 is 1.95 bits per heavy atom. The van der Waals surface area contributed by atoms with Crippen LogP contribution >= 0.6 is 0 Å². The van der Waals surface area contributed by atoms with Gasteiger partial charge in [0.2, 0.25) is 11.8 Å². The minimum Gasteiger partial charge on any atom is -0.507 e. The van der Waals surface area contributed by atoms with E-state index in [2.05, 4.69) is 10.4 Å². The molecule has 0 radical (unpaired) electrons. The number of hydrazone groups is 1. The number of aromatic hydroxyl groups is 1. The van der Waals surface area contributed by atoms with E-state index in [0.717, 1.165) is 0 Å². The van der Waals surface area contributed by atoms with E-state index in [-0.39, 0.29) is 36.2 Å². The van der Waals surface area contributed by atoms with Crippen LogP contribution in [0.2, 0.25) is 0 Å². The maximum Gasteiger partial charge on any atom is 0.414 e. The lowest BCUT2D eigenvalue weighted by Gasteiger charge is -2.32. The van der Waals surface area contributed by atoms with Crippen molar-refractivity contribution in [1.29, 1.82) is 0 Å². The number of hydrogen-bond donors (Lipinski definition) is 2. The zero-order chi connectivity index (χ0) is 26.5. The Bertz CT molecular complexity index is 1210. The average molecular weight is 512 g/mol. The predicted molar refractivity (Wildman–Crippen MR) is 136 cm³/mol. The molecule has 2 aromatic rings. The molecule has 2 N–H and O–H groups in total. The van der Waals surface area contributed by atoms with E-state index in [1.807, 2.05) is 16.8 Å². The van der Waals surface area contributed by atoms with Crippen LogP contribution in [0.5, 0.6) is 5.75 Å². The molecule has 3 amide bonds. The normalized spacial score (nSPS) is 17.9. The van der Waals surface area contributed by atoms with Crippen LogP contribution in [-0.2, 0) is 14.3 Å². The molecule has 0 bridgehead atoms. The Hall–Kier alpha value is -4.15. The van der Waals surface area contributed by atoms with Gasteiger partial charge in [0.1, 0.15) is 17.7 Å². The zero-order valence-corrected chi connectivity index (χ0v) is 20.8. The number of hydrogen-bond acceptors (Lipinski definition) is 7. The Labute approximate surface area is 214 Å². The summed E-state index contributed by atoms with van der Waals surface area (Å²) in [6, 6.07) is 9.19. The van der Waals surface area contributed by atoms with Crippen molar-refractivity contribution in [2.45, 2.75) is 26.4 Å². The van der Waals surface area contributed by atoms with Crippen LogP contribution in [0, 0.1) is 5.82 Å². The van der Waals surface area contributed by atoms with E-state index >= 15 is 4.39 Å². The van der Waals surface area contributed by atoms with Gasteiger partial charge < -0.3 is 20.1 Å². The number of halogens is 1. The number of nitrogens with one attached hydrogen (secondary N) is 1. The van der Waals surface area contributed by atoms with Gasteiger partial charge in [0.05, 0.1) is 38.1 Å². The number of carbonyl (C=O) groups is 3. The van der Waals surface area contributed by atoms with Gasteiger partial charge in [-0.1, -0.05) is 13.0 Å². The number of phenols is 1. The van der Waals surface area contributed by atoms with Gasteiger partial charge in [-0.3, -0.25) is 19.5 Å². The number of rotatable bonds is 7. The molecule has 2 aromatic carbocycles. The first-order valence-corrected chi connectivity index (χ1v) is 12.2. The fraction of sp³-hybridized carbons (Fsp3) is 0.385. The Balaban J connectivity index is 1.41. The highest BCUT2D eigenvalue weighted by Gasteiger charge is 2.32. The minimum atomic E-state index is -0.609. The molecule has 2 saturated heterocycles. The summed E-state index contributed by atoms with van der Waals surface area (Å²) >= 11 is 0. The van der Waals surface area contributed by atoms with Crippen molar-refractivity contribution >= 4 is 29.8 Å².